The molecule has 0 saturated carbocycles. The van der Waals surface area contributed by atoms with E-state index in [0.717, 1.165) is 6.54 Å². The minimum absolute atomic E-state index is 0.506. The molecule has 1 rings (SSSR count). The molecule has 1 aliphatic rings. The van der Waals surface area contributed by atoms with Crippen LogP contribution < -0.4 is 0 Å². The van der Waals surface area contributed by atoms with Crippen LogP contribution in [0.4, 0.5) is 0 Å². The Hall–Kier alpha value is -0.0800. The van der Waals surface area contributed by atoms with Gasteiger partial charge in [0.1, 0.15) is 0 Å². The second-order valence-electron chi connectivity index (χ2n) is 2.95. The van der Waals surface area contributed by atoms with E-state index in [1.807, 2.05) is 0 Å². The molecule has 0 N–H and O–H groups in total. The highest BCUT2D eigenvalue weighted by molar-refractivity contribution is 4.74. The second-order valence-corrected chi connectivity index (χ2v) is 2.95. The summed E-state index contributed by atoms with van der Waals surface area (Å²) in [6.07, 6.45) is 2.99. The lowest BCUT2D eigenvalue weighted by molar-refractivity contribution is 0.108. The lowest BCUT2D eigenvalue weighted by Gasteiger charge is -2.13. The summed E-state index contributed by atoms with van der Waals surface area (Å²) in [6.45, 7) is 5.83. The van der Waals surface area contributed by atoms with Crippen LogP contribution >= 0.6 is 0 Å². The van der Waals surface area contributed by atoms with Crippen molar-refractivity contribution in [2.24, 2.45) is 0 Å². The van der Waals surface area contributed by atoms with Gasteiger partial charge >= 0.3 is 0 Å². The number of ether oxygens (including phenoxy) is 1. The van der Waals surface area contributed by atoms with Gasteiger partial charge in [0.2, 0.25) is 0 Å². The summed E-state index contributed by atoms with van der Waals surface area (Å²) in [6, 6.07) is 0. The Morgan fingerprint density at radius 3 is 2.90 bits per heavy atom. The van der Waals surface area contributed by atoms with E-state index < -0.39 is 0 Å². The van der Waals surface area contributed by atoms with Crippen LogP contribution in [0.2, 0.25) is 0 Å². The predicted molar refractivity (Wildman–Crippen MR) is 42.1 cm³/mol. The van der Waals surface area contributed by atoms with Crippen LogP contribution in [0.1, 0.15) is 19.8 Å². The molecule has 0 aromatic rings. The van der Waals surface area contributed by atoms with Crippen molar-refractivity contribution in [3.63, 3.8) is 0 Å². The first kappa shape index (κ1) is 8.02. The SMILES string of the molecule is CCCN1CC[C@H](OC)C1. The van der Waals surface area contributed by atoms with E-state index in [-0.39, 0.29) is 0 Å². The van der Waals surface area contributed by atoms with E-state index in [9.17, 15) is 0 Å². The number of nitrogens with zero attached hydrogens (tertiary/aromatic N) is 1. The van der Waals surface area contributed by atoms with E-state index in [2.05, 4.69) is 11.8 Å². The molecule has 2 heteroatoms. The van der Waals surface area contributed by atoms with Crippen LogP contribution in [0.15, 0.2) is 0 Å². The highest BCUT2D eigenvalue weighted by Gasteiger charge is 2.20. The minimum atomic E-state index is 0.506. The Morgan fingerprint density at radius 1 is 1.60 bits per heavy atom. The zero-order valence-electron chi connectivity index (χ0n) is 6.97. The Labute approximate surface area is 63.2 Å². The number of methoxy groups -OCH3 is 1. The fourth-order valence-corrected chi connectivity index (χ4v) is 1.51. The minimum Gasteiger partial charge on any atom is -0.380 e. The van der Waals surface area contributed by atoms with Crippen LogP contribution in [0, 0.1) is 0 Å². The van der Waals surface area contributed by atoms with E-state index >= 15 is 0 Å². The van der Waals surface area contributed by atoms with Crippen LogP contribution in [0.3, 0.4) is 0 Å². The molecule has 1 saturated heterocycles. The molecule has 1 fully saturated rings. The summed E-state index contributed by atoms with van der Waals surface area (Å²) in [5.41, 5.74) is 0. The lowest BCUT2D eigenvalue weighted by atomic mass is 10.3. The van der Waals surface area contributed by atoms with E-state index in [0.29, 0.717) is 6.10 Å². The van der Waals surface area contributed by atoms with E-state index in [1.54, 1.807) is 7.11 Å². The molecule has 0 spiro atoms. The first-order chi connectivity index (χ1) is 4.86. The zero-order valence-corrected chi connectivity index (χ0v) is 6.97. The van der Waals surface area contributed by atoms with Gasteiger partial charge in [-0.05, 0) is 19.4 Å². The van der Waals surface area contributed by atoms with Gasteiger partial charge in [-0.15, -0.1) is 0 Å². The van der Waals surface area contributed by atoms with Gasteiger partial charge in [0.15, 0.2) is 0 Å². The van der Waals surface area contributed by atoms with Gasteiger partial charge in [0.05, 0.1) is 6.10 Å². The molecule has 0 bridgehead atoms. The molecular formula is C8H17NO. The number of rotatable bonds is 3. The molecule has 0 aliphatic carbocycles. The molecule has 1 heterocycles. The number of likely N-dealkylation sites (tertiary alicyclic amines) is 1. The van der Waals surface area contributed by atoms with Crippen molar-refractivity contribution in [1.82, 2.24) is 4.90 Å². The van der Waals surface area contributed by atoms with Crippen molar-refractivity contribution in [2.45, 2.75) is 25.9 Å². The van der Waals surface area contributed by atoms with Gasteiger partial charge in [-0.25, -0.2) is 0 Å². The Kier molecular flexibility index (Phi) is 3.16. The van der Waals surface area contributed by atoms with Crippen LogP contribution in [-0.2, 0) is 4.74 Å². The molecule has 2 nitrogen and oxygen atoms in total. The Bertz CT molecular complexity index is 95.3. The maximum absolute atomic E-state index is 5.25. The van der Waals surface area contributed by atoms with Crippen LogP contribution in [0.25, 0.3) is 0 Å². The molecule has 1 atom stereocenters. The largest absolute Gasteiger partial charge is 0.380 e. The summed E-state index contributed by atoms with van der Waals surface area (Å²) in [5.74, 6) is 0. The standard InChI is InChI=1S/C8H17NO/c1-3-5-9-6-4-8(7-9)10-2/h8H,3-7H2,1-2H3/t8-/m0/s1. The quantitative estimate of drug-likeness (QED) is 0.587. The lowest BCUT2D eigenvalue weighted by Crippen LogP contribution is -2.23. The third-order valence-corrected chi connectivity index (χ3v) is 2.10. The Balaban J connectivity index is 2.15. The van der Waals surface area contributed by atoms with Gasteiger partial charge in [-0.1, -0.05) is 6.92 Å². The van der Waals surface area contributed by atoms with Gasteiger partial charge in [-0.2, -0.15) is 0 Å². The third kappa shape index (κ3) is 1.96. The van der Waals surface area contributed by atoms with Crippen molar-refractivity contribution in [1.29, 1.82) is 0 Å². The smallest absolute Gasteiger partial charge is 0.0710 e. The third-order valence-electron chi connectivity index (χ3n) is 2.10. The average molecular weight is 143 g/mol. The molecule has 60 valence electrons. The normalized spacial score (nSPS) is 27.6. The number of hydrogen-bond donors (Lipinski definition) is 0. The topological polar surface area (TPSA) is 12.5 Å². The first-order valence-electron chi connectivity index (χ1n) is 4.12. The maximum Gasteiger partial charge on any atom is 0.0710 e. The van der Waals surface area contributed by atoms with Crippen molar-refractivity contribution >= 4 is 0 Å². The highest BCUT2D eigenvalue weighted by Crippen LogP contribution is 2.11. The summed E-state index contributed by atoms with van der Waals surface area (Å²) in [4.78, 5) is 2.47. The predicted octanol–water partition coefficient (Wildman–Crippen LogP) is 1.12. The van der Waals surface area contributed by atoms with Crippen molar-refractivity contribution in [3.05, 3.63) is 0 Å². The summed E-state index contributed by atoms with van der Waals surface area (Å²) >= 11 is 0. The van der Waals surface area contributed by atoms with E-state index in [1.165, 1.54) is 25.9 Å². The monoisotopic (exact) mass is 143 g/mol. The van der Waals surface area contributed by atoms with Gasteiger partial charge in [0.25, 0.3) is 0 Å². The molecular weight excluding hydrogens is 126 g/mol. The van der Waals surface area contributed by atoms with Gasteiger partial charge in [0, 0.05) is 20.2 Å². The van der Waals surface area contributed by atoms with Crippen molar-refractivity contribution in [3.8, 4) is 0 Å². The Morgan fingerprint density at radius 2 is 2.40 bits per heavy atom. The molecule has 0 amide bonds. The molecule has 0 unspecified atom stereocenters. The van der Waals surface area contributed by atoms with Crippen LogP contribution in [-0.4, -0.2) is 37.7 Å². The second kappa shape index (κ2) is 3.94. The summed E-state index contributed by atoms with van der Waals surface area (Å²) in [7, 11) is 1.81. The molecule has 1 aliphatic heterocycles. The molecule has 0 aromatic carbocycles. The fraction of sp³-hybridized carbons (Fsp3) is 1.00. The van der Waals surface area contributed by atoms with E-state index in [4.69, 9.17) is 4.74 Å². The fourth-order valence-electron chi connectivity index (χ4n) is 1.51. The van der Waals surface area contributed by atoms with Gasteiger partial charge < -0.3 is 9.64 Å². The van der Waals surface area contributed by atoms with Gasteiger partial charge in [-0.3, -0.25) is 0 Å². The molecule has 0 aromatic heterocycles. The molecule has 10 heavy (non-hydrogen) atoms. The van der Waals surface area contributed by atoms with Crippen molar-refractivity contribution in [2.75, 3.05) is 26.7 Å². The molecule has 0 radical (unpaired) electrons. The van der Waals surface area contributed by atoms with Crippen LogP contribution in [0.5, 0.6) is 0 Å². The average Bonchev–Trinajstić information content (AvgIpc) is 2.37. The number of hydrogen-bond acceptors (Lipinski definition) is 2. The summed E-state index contributed by atoms with van der Waals surface area (Å²) in [5, 5.41) is 0. The van der Waals surface area contributed by atoms with Crippen molar-refractivity contribution < 1.29 is 4.74 Å². The zero-order chi connectivity index (χ0) is 7.40. The first-order valence-corrected chi connectivity index (χ1v) is 4.12. The summed E-state index contributed by atoms with van der Waals surface area (Å²) < 4.78 is 5.25. The maximum atomic E-state index is 5.25. The highest BCUT2D eigenvalue weighted by atomic mass is 16.5.